The van der Waals surface area contributed by atoms with Crippen molar-refractivity contribution < 1.29 is 9.53 Å². The first-order valence-corrected chi connectivity index (χ1v) is 7.66. The van der Waals surface area contributed by atoms with Crippen LogP contribution in [0.15, 0.2) is 60.9 Å². The monoisotopic (exact) mass is 335 g/mol. The largest absolute Gasteiger partial charge is 0.497 e. The van der Waals surface area contributed by atoms with Crippen LogP contribution in [0.3, 0.4) is 0 Å². The van der Waals surface area contributed by atoms with E-state index in [1.54, 1.807) is 55.9 Å². The van der Waals surface area contributed by atoms with E-state index in [-0.39, 0.29) is 11.6 Å². The zero-order valence-corrected chi connectivity index (χ0v) is 13.6. The summed E-state index contributed by atoms with van der Waals surface area (Å²) in [6, 6.07) is 14.3. The van der Waals surface area contributed by atoms with Crippen LogP contribution in [-0.4, -0.2) is 28.2 Å². The fourth-order valence-electron chi connectivity index (χ4n) is 2.14. The van der Waals surface area contributed by atoms with Crippen LogP contribution < -0.4 is 15.4 Å². The number of carbonyl (C=O) groups is 1. The highest BCUT2D eigenvalue weighted by Crippen LogP contribution is 2.17. The Morgan fingerprint density at radius 2 is 2.04 bits per heavy atom. The van der Waals surface area contributed by atoms with Crippen LogP contribution in [0.5, 0.6) is 5.75 Å². The number of carbonyl (C=O) groups excluding carboxylic acids is 1. The maximum atomic E-state index is 12.2. The Morgan fingerprint density at radius 3 is 2.76 bits per heavy atom. The van der Waals surface area contributed by atoms with Crippen molar-refractivity contribution in [1.29, 1.82) is 0 Å². The Morgan fingerprint density at radius 1 is 1.12 bits per heavy atom. The number of methoxy groups -OCH3 is 1. The quantitative estimate of drug-likeness (QED) is 0.720. The number of hydrogen-bond donors (Lipinski definition) is 2. The van der Waals surface area contributed by atoms with Crippen molar-refractivity contribution in [3.8, 4) is 5.75 Å². The first kappa shape index (κ1) is 16.4. The van der Waals surface area contributed by atoms with E-state index in [9.17, 15) is 4.79 Å². The Kier molecular flexibility index (Phi) is 5.16. The molecule has 3 rings (SSSR count). The van der Waals surface area contributed by atoms with E-state index in [4.69, 9.17) is 4.74 Å². The molecule has 2 N–H and O–H groups in total. The maximum Gasteiger partial charge on any atom is 0.276 e. The molecule has 0 saturated heterocycles. The van der Waals surface area contributed by atoms with E-state index in [2.05, 4.69) is 25.8 Å². The van der Waals surface area contributed by atoms with E-state index < -0.39 is 0 Å². The molecule has 1 amide bonds. The molecule has 2 heterocycles. The number of pyridine rings is 1. The van der Waals surface area contributed by atoms with Crippen molar-refractivity contribution in [2.24, 2.45) is 0 Å². The summed E-state index contributed by atoms with van der Waals surface area (Å²) >= 11 is 0. The van der Waals surface area contributed by atoms with Crippen molar-refractivity contribution in [2.75, 3.05) is 17.7 Å². The van der Waals surface area contributed by atoms with Crippen LogP contribution in [0.25, 0.3) is 0 Å². The number of nitrogens with zero attached hydrogens (tertiary/aromatic N) is 3. The lowest BCUT2D eigenvalue weighted by molar-refractivity contribution is 0.102. The first-order chi connectivity index (χ1) is 12.2. The highest BCUT2D eigenvalue weighted by atomic mass is 16.5. The van der Waals surface area contributed by atoms with Crippen molar-refractivity contribution in [3.05, 3.63) is 72.2 Å². The molecule has 2 aromatic heterocycles. The molecule has 0 radical (unpaired) electrons. The molecule has 1 aromatic carbocycles. The predicted molar refractivity (Wildman–Crippen MR) is 94.5 cm³/mol. The summed E-state index contributed by atoms with van der Waals surface area (Å²) in [6.45, 7) is 0.581. The Balaban J connectivity index is 1.60. The van der Waals surface area contributed by atoms with E-state index in [1.165, 1.54) is 0 Å². The van der Waals surface area contributed by atoms with Crippen LogP contribution >= 0.6 is 0 Å². The molecule has 126 valence electrons. The third kappa shape index (κ3) is 4.51. The number of amides is 1. The van der Waals surface area contributed by atoms with Crippen LogP contribution in [0.2, 0.25) is 0 Å². The standard InChI is InChI=1S/C18H17N5O2/c1-25-15-6-2-5-14(10-15)21-18(24)16-7-8-17(23-22-16)20-12-13-4-3-9-19-11-13/h2-11H,12H2,1H3,(H,20,23)(H,21,24). The minimum absolute atomic E-state index is 0.231. The molecule has 25 heavy (non-hydrogen) atoms. The molecule has 7 nitrogen and oxygen atoms in total. The van der Waals surface area contributed by atoms with Gasteiger partial charge in [-0.3, -0.25) is 9.78 Å². The molecule has 3 aromatic rings. The summed E-state index contributed by atoms with van der Waals surface area (Å²) in [6.07, 6.45) is 3.50. The number of ether oxygens (including phenoxy) is 1. The summed E-state index contributed by atoms with van der Waals surface area (Å²) in [5, 5.41) is 13.9. The van der Waals surface area contributed by atoms with Gasteiger partial charge in [0.15, 0.2) is 5.69 Å². The van der Waals surface area contributed by atoms with Crippen molar-refractivity contribution >= 4 is 17.4 Å². The lowest BCUT2D eigenvalue weighted by Gasteiger charge is -2.07. The van der Waals surface area contributed by atoms with Gasteiger partial charge in [-0.05, 0) is 35.9 Å². The number of rotatable bonds is 6. The highest BCUT2D eigenvalue weighted by molar-refractivity contribution is 6.02. The molecule has 0 atom stereocenters. The van der Waals surface area contributed by atoms with E-state index >= 15 is 0 Å². The maximum absolute atomic E-state index is 12.2. The van der Waals surface area contributed by atoms with E-state index in [0.29, 0.717) is 23.8 Å². The Hall–Kier alpha value is -3.48. The number of benzene rings is 1. The molecular formula is C18H17N5O2. The summed E-state index contributed by atoms with van der Waals surface area (Å²) in [4.78, 5) is 16.3. The molecule has 0 aliphatic carbocycles. The third-order valence-electron chi connectivity index (χ3n) is 3.42. The summed E-state index contributed by atoms with van der Waals surface area (Å²) < 4.78 is 5.13. The van der Waals surface area contributed by atoms with Gasteiger partial charge in [-0.1, -0.05) is 12.1 Å². The number of anilines is 2. The minimum Gasteiger partial charge on any atom is -0.497 e. The molecule has 0 aliphatic heterocycles. The van der Waals surface area contributed by atoms with Crippen LogP contribution in [0, 0.1) is 0 Å². The summed E-state index contributed by atoms with van der Waals surface area (Å²) in [5.41, 5.74) is 1.89. The fraction of sp³-hybridized carbons (Fsp3) is 0.111. The molecule has 0 saturated carbocycles. The Labute approximate surface area is 145 Å². The Bertz CT molecular complexity index is 838. The second-order valence-corrected chi connectivity index (χ2v) is 5.20. The highest BCUT2D eigenvalue weighted by Gasteiger charge is 2.09. The fourth-order valence-corrected chi connectivity index (χ4v) is 2.14. The van der Waals surface area contributed by atoms with E-state index in [0.717, 1.165) is 5.56 Å². The second-order valence-electron chi connectivity index (χ2n) is 5.20. The van der Waals surface area contributed by atoms with Gasteiger partial charge in [0.25, 0.3) is 5.91 Å². The topological polar surface area (TPSA) is 89.0 Å². The average molecular weight is 335 g/mol. The van der Waals surface area contributed by atoms with Gasteiger partial charge in [-0.25, -0.2) is 0 Å². The lowest BCUT2D eigenvalue weighted by atomic mass is 10.2. The molecular weight excluding hydrogens is 318 g/mol. The average Bonchev–Trinajstić information content (AvgIpc) is 2.67. The van der Waals surface area contributed by atoms with Crippen LogP contribution in [-0.2, 0) is 6.54 Å². The van der Waals surface area contributed by atoms with Gasteiger partial charge in [0.1, 0.15) is 11.6 Å². The predicted octanol–water partition coefficient (Wildman–Crippen LogP) is 2.74. The number of aromatic nitrogens is 3. The van der Waals surface area contributed by atoms with Gasteiger partial charge in [0.05, 0.1) is 7.11 Å². The normalized spacial score (nSPS) is 10.1. The van der Waals surface area contributed by atoms with Crippen LogP contribution in [0.1, 0.15) is 16.1 Å². The molecule has 0 spiro atoms. The zero-order valence-electron chi connectivity index (χ0n) is 13.6. The number of hydrogen-bond acceptors (Lipinski definition) is 6. The molecule has 7 heteroatoms. The van der Waals surface area contributed by atoms with Gasteiger partial charge >= 0.3 is 0 Å². The van der Waals surface area contributed by atoms with Gasteiger partial charge in [0, 0.05) is 30.7 Å². The molecule has 0 bridgehead atoms. The summed E-state index contributed by atoms with van der Waals surface area (Å²) in [5.74, 6) is 0.917. The number of nitrogens with one attached hydrogen (secondary N) is 2. The van der Waals surface area contributed by atoms with Gasteiger partial charge < -0.3 is 15.4 Å². The van der Waals surface area contributed by atoms with Crippen LogP contribution in [0.4, 0.5) is 11.5 Å². The smallest absolute Gasteiger partial charge is 0.276 e. The SMILES string of the molecule is COc1cccc(NC(=O)c2ccc(NCc3cccnc3)nn2)c1. The summed E-state index contributed by atoms with van der Waals surface area (Å²) in [7, 11) is 1.57. The van der Waals surface area contributed by atoms with Crippen molar-refractivity contribution in [3.63, 3.8) is 0 Å². The third-order valence-corrected chi connectivity index (χ3v) is 3.42. The second kappa shape index (κ2) is 7.87. The molecule has 0 fully saturated rings. The molecule has 0 aliphatic rings. The molecule has 0 unspecified atom stereocenters. The minimum atomic E-state index is -0.334. The van der Waals surface area contributed by atoms with Gasteiger partial charge in [0.2, 0.25) is 0 Å². The first-order valence-electron chi connectivity index (χ1n) is 7.66. The van der Waals surface area contributed by atoms with Gasteiger partial charge in [-0.2, -0.15) is 0 Å². The van der Waals surface area contributed by atoms with Crippen molar-refractivity contribution in [1.82, 2.24) is 15.2 Å². The zero-order chi connectivity index (χ0) is 17.5. The van der Waals surface area contributed by atoms with Crippen molar-refractivity contribution in [2.45, 2.75) is 6.54 Å². The van der Waals surface area contributed by atoms with Gasteiger partial charge in [-0.15, -0.1) is 10.2 Å². The lowest BCUT2D eigenvalue weighted by Crippen LogP contribution is -2.15. The van der Waals surface area contributed by atoms with E-state index in [1.807, 2.05) is 12.1 Å².